The van der Waals surface area contributed by atoms with Crippen molar-refractivity contribution in [1.82, 2.24) is 29.9 Å². The van der Waals surface area contributed by atoms with Crippen LogP contribution in [0.1, 0.15) is 18.3 Å². The summed E-state index contributed by atoms with van der Waals surface area (Å²) in [6.07, 6.45) is 0. The van der Waals surface area contributed by atoms with Gasteiger partial charge in [0.1, 0.15) is 11.6 Å². The molecule has 4 rings (SSSR count). The molecule has 27 heavy (non-hydrogen) atoms. The highest BCUT2D eigenvalue weighted by atomic mass is 35.5. The van der Waals surface area contributed by atoms with E-state index < -0.39 is 0 Å². The molecular weight excluding hydrogens is 369 g/mol. The number of aromatic nitrogens is 5. The summed E-state index contributed by atoms with van der Waals surface area (Å²) in [6.45, 7) is 8.96. The molecule has 0 atom stereocenters. The van der Waals surface area contributed by atoms with Crippen molar-refractivity contribution in [1.29, 1.82) is 0 Å². The van der Waals surface area contributed by atoms with Crippen molar-refractivity contribution >= 4 is 28.6 Å². The Morgan fingerprint density at radius 1 is 1.15 bits per heavy atom. The Balaban J connectivity index is 1.70. The number of benzene rings is 1. The minimum atomic E-state index is -0.368. The van der Waals surface area contributed by atoms with Crippen LogP contribution in [0.2, 0.25) is 5.02 Å². The third-order valence-corrected chi connectivity index (χ3v) is 5.30. The second-order valence-corrected chi connectivity index (χ2v) is 7.04. The largest absolute Gasteiger partial charge is 0.352 e. The number of halogens is 2. The fourth-order valence-corrected chi connectivity index (χ4v) is 3.61. The standard InChI is InChI=1S/C18H21ClFN7/c1-3-25-7-9-26(10-8-25)17-16-18(22-12(2)21-17)27(24-23-16)11-13-14(19)5-4-6-15(13)20/h4-6H,3,7-11H2,1-2H3. The van der Waals surface area contributed by atoms with Crippen LogP contribution < -0.4 is 4.90 Å². The summed E-state index contributed by atoms with van der Waals surface area (Å²) >= 11 is 6.16. The van der Waals surface area contributed by atoms with Crippen LogP contribution in [0.5, 0.6) is 0 Å². The van der Waals surface area contributed by atoms with Gasteiger partial charge in [-0.3, -0.25) is 0 Å². The summed E-state index contributed by atoms with van der Waals surface area (Å²) in [5, 5.41) is 8.86. The molecule has 0 N–H and O–H groups in total. The van der Waals surface area contributed by atoms with Gasteiger partial charge in [-0.1, -0.05) is 29.8 Å². The first kappa shape index (κ1) is 18.1. The summed E-state index contributed by atoms with van der Waals surface area (Å²) in [5.41, 5.74) is 1.60. The third kappa shape index (κ3) is 3.46. The van der Waals surface area contributed by atoms with Gasteiger partial charge in [0, 0.05) is 36.8 Å². The van der Waals surface area contributed by atoms with E-state index >= 15 is 0 Å². The first-order chi connectivity index (χ1) is 13.1. The quantitative estimate of drug-likeness (QED) is 0.683. The maximum absolute atomic E-state index is 14.2. The third-order valence-electron chi connectivity index (χ3n) is 4.94. The van der Waals surface area contributed by atoms with Crippen molar-refractivity contribution in [2.75, 3.05) is 37.6 Å². The summed E-state index contributed by atoms with van der Waals surface area (Å²) in [7, 11) is 0. The van der Waals surface area contributed by atoms with E-state index in [2.05, 4.69) is 37.0 Å². The molecule has 142 valence electrons. The lowest BCUT2D eigenvalue weighted by Gasteiger charge is -2.34. The maximum atomic E-state index is 14.2. The van der Waals surface area contributed by atoms with Crippen molar-refractivity contribution in [2.24, 2.45) is 0 Å². The Hall–Kier alpha value is -2.32. The van der Waals surface area contributed by atoms with Gasteiger partial charge < -0.3 is 9.80 Å². The second kappa shape index (κ2) is 7.36. The highest BCUT2D eigenvalue weighted by Gasteiger charge is 2.23. The van der Waals surface area contributed by atoms with Gasteiger partial charge in [-0.25, -0.2) is 19.0 Å². The number of piperazine rings is 1. The molecule has 0 unspecified atom stereocenters. The van der Waals surface area contributed by atoms with Crippen LogP contribution in [0.15, 0.2) is 18.2 Å². The zero-order valence-electron chi connectivity index (χ0n) is 15.4. The van der Waals surface area contributed by atoms with E-state index in [0.29, 0.717) is 27.6 Å². The van der Waals surface area contributed by atoms with Gasteiger partial charge in [0.05, 0.1) is 6.54 Å². The molecule has 0 aliphatic carbocycles. The summed E-state index contributed by atoms with van der Waals surface area (Å²) in [6, 6.07) is 4.64. The smallest absolute Gasteiger partial charge is 0.184 e. The number of likely N-dealkylation sites (N-methyl/N-ethyl adjacent to an activating group) is 1. The summed E-state index contributed by atoms with van der Waals surface area (Å²) in [5.74, 6) is 1.06. The lowest BCUT2D eigenvalue weighted by molar-refractivity contribution is 0.270. The molecule has 3 aromatic rings. The second-order valence-electron chi connectivity index (χ2n) is 6.64. The van der Waals surface area contributed by atoms with E-state index in [1.165, 1.54) is 6.07 Å². The number of fused-ring (bicyclic) bond motifs is 1. The molecular formula is C18H21ClFN7. The molecule has 1 aliphatic heterocycles. The van der Waals surface area contributed by atoms with Crippen molar-refractivity contribution in [3.8, 4) is 0 Å². The van der Waals surface area contributed by atoms with Gasteiger partial charge in [-0.15, -0.1) is 5.10 Å². The highest BCUT2D eigenvalue weighted by Crippen LogP contribution is 2.25. The number of rotatable bonds is 4. The van der Waals surface area contributed by atoms with Crippen LogP contribution in [0.25, 0.3) is 11.2 Å². The molecule has 1 saturated heterocycles. The zero-order chi connectivity index (χ0) is 19.0. The van der Waals surface area contributed by atoms with Crippen molar-refractivity contribution in [3.63, 3.8) is 0 Å². The molecule has 0 saturated carbocycles. The molecule has 9 heteroatoms. The Morgan fingerprint density at radius 3 is 2.63 bits per heavy atom. The van der Waals surface area contributed by atoms with Crippen molar-refractivity contribution in [2.45, 2.75) is 20.4 Å². The molecule has 0 spiro atoms. The average molecular weight is 390 g/mol. The summed E-state index contributed by atoms with van der Waals surface area (Å²) < 4.78 is 15.8. The van der Waals surface area contributed by atoms with Gasteiger partial charge in [-0.2, -0.15) is 0 Å². The Kier molecular flexibility index (Phi) is 4.92. The molecule has 1 aromatic carbocycles. The molecule has 7 nitrogen and oxygen atoms in total. The predicted octanol–water partition coefficient (Wildman–Crippen LogP) is 2.51. The fraction of sp³-hybridized carbons (Fsp3) is 0.444. The van der Waals surface area contributed by atoms with Crippen molar-refractivity contribution in [3.05, 3.63) is 40.4 Å². The Morgan fingerprint density at radius 2 is 1.93 bits per heavy atom. The normalized spacial score (nSPS) is 15.6. The van der Waals surface area contributed by atoms with Crippen LogP contribution in [0, 0.1) is 12.7 Å². The predicted molar refractivity (Wildman–Crippen MR) is 103 cm³/mol. The molecule has 3 heterocycles. The van der Waals surface area contributed by atoms with Crippen LogP contribution in [0.4, 0.5) is 10.2 Å². The van der Waals surface area contributed by atoms with Crippen molar-refractivity contribution < 1.29 is 4.39 Å². The lowest BCUT2D eigenvalue weighted by atomic mass is 10.2. The summed E-state index contributed by atoms with van der Waals surface area (Å²) in [4.78, 5) is 13.7. The van der Waals surface area contributed by atoms with E-state index in [1.54, 1.807) is 16.8 Å². The van der Waals surface area contributed by atoms with E-state index in [1.807, 2.05) is 6.92 Å². The molecule has 2 aromatic heterocycles. The molecule has 1 fully saturated rings. The zero-order valence-corrected chi connectivity index (χ0v) is 16.1. The lowest BCUT2D eigenvalue weighted by Crippen LogP contribution is -2.46. The average Bonchev–Trinajstić information content (AvgIpc) is 3.07. The van der Waals surface area contributed by atoms with Crippen LogP contribution in [-0.2, 0) is 6.54 Å². The van der Waals surface area contributed by atoms with Crippen LogP contribution in [0.3, 0.4) is 0 Å². The van der Waals surface area contributed by atoms with E-state index in [4.69, 9.17) is 11.6 Å². The molecule has 0 bridgehead atoms. The SMILES string of the molecule is CCN1CCN(c2nc(C)nc3c2nnn3Cc2c(F)cccc2Cl)CC1. The molecule has 1 aliphatic rings. The minimum absolute atomic E-state index is 0.168. The highest BCUT2D eigenvalue weighted by molar-refractivity contribution is 6.31. The first-order valence-corrected chi connectivity index (χ1v) is 9.42. The number of hydrogen-bond donors (Lipinski definition) is 0. The molecule has 0 radical (unpaired) electrons. The number of hydrogen-bond acceptors (Lipinski definition) is 6. The van der Waals surface area contributed by atoms with Crippen LogP contribution >= 0.6 is 11.6 Å². The fourth-order valence-electron chi connectivity index (χ4n) is 3.38. The number of aryl methyl sites for hydroxylation is 1. The van der Waals surface area contributed by atoms with E-state index in [9.17, 15) is 4.39 Å². The van der Waals surface area contributed by atoms with Gasteiger partial charge in [0.15, 0.2) is 17.0 Å². The van der Waals surface area contributed by atoms with Crippen LogP contribution in [-0.4, -0.2) is 62.6 Å². The van der Waals surface area contributed by atoms with E-state index in [-0.39, 0.29) is 12.4 Å². The topological polar surface area (TPSA) is 63.0 Å². The van der Waals surface area contributed by atoms with E-state index in [0.717, 1.165) is 38.5 Å². The number of anilines is 1. The first-order valence-electron chi connectivity index (χ1n) is 9.05. The van der Waals surface area contributed by atoms with Gasteiger partial charge in [0.25, 0.3) is 0 Å². The molecule has 0 amide bonds. The Bertz CT molecular complexity index is 945. The number of nitrogens with zero attached hydrogens (tertiary/aromatic N) is 7. The minimum Gasteiger partial charge on any atom is -0.352 e. The van der Waals surface area contributed by atoms with Gasteiger partial charge in [-0.05, 0) is 25.6 Å². The Labute approximate surface area is 161 Å². The monoisotopic (exact) mass is 389 g/mol. The van der Waals surface area contributed by atoms with Gasteiger partial charge >= 0.3 is 0 Å². The van der Waals surface area contributed by atoms with Gasteiger partial charge in [0.2, 0.25) is 0 Å². The maximum Gasteiger partial charge on any atom is 0.184 e.